The molecule has 0 radical (unpaired) electrons. The van der Waals surface area contributed by atoms with Crippen molar-refractivity contribution in [2.75, 3.05) is 14.1 Å². The fourth-order valence-electron chi connectivity index (χ4n) is 3.01. The first-order valence-corrected chi connectivity index (χ1v) is 8.44. The summed E-state index contributed by atoms with van der Waals surface area (Å²) in [5.41, 5.74) is 2.48. The average molecular weight is 350 g/mol. The van der Waals surface area contributed by atoms with Crippen molar-refractivity contribution in [1.82, 2.24) is 20.4 Å². The summed E-state index contributed by atoms with van der Waals surface area (Å²) in [6, 6.07) is 14.8. The van der Waals surface area contributed by atoms with E-state index in [4.69, 9.17) is 0 Å². The van der Waals surface area contributed by atoms with Crippen LogP contribution < -0.4 is 10.9 Å². The summed E-state index contributed by atoms with van der Waals surface area (Å²) in [4.78, 5) is 26.5. The number of aromatic nitrogens is 2. The third-order valence-electron chi connectivity index (χ3n) is 4.36. The summed E-state index contributed by atoms with van der Waals surface area (Å²) in [5.74, 6) is -0.115. The first-order chi connectivity index (χ1) is 12.5. The van der Waals surface area contributed by atoms with E-state index >= 15 is 0 Å². The van der Waals surface area contributed by atoms with E-state index in [1.807, 2.05) is 62.3 Å². The summed E-state index contributed by atoms with van der Waals surface area (Å²) in [6.45, 7) is 2.26. The van der Waals surface area contributed by atoms with Crippen molar-refractivity contribution in [2.45, 2.75) is 19.5 Å². The minimum atomic E-state index is -0.398. The molecule has 0 aliphatic rings. The fourth-order valence-corrected chi connectivity index (χ4v) is 3.01. The smallest absolute Gasteiger partial charge is 0.272 e. The SMILES string of the molecule is Cc1ccc([C@H](C(=O)NCc2n[nH]c(=O)c3ccccc23)N(C)C)cc1. The Labute approximate surface area is 151 Å². The molecule has 0 aliphatic carbocycles. The maximum Gasteiger partial charge on any atom is 0.272 e. The normalized spacial score (nSPS) is 12.3. The lowest BCUT2D eigenvalue weighted by Gasteiger charge is -2.24. The highest BCUT2D eigenvalue weighted by Gasteiger charge is 2.23. The molecule has 0 bridgehead atoms. The molecule has 3 rings (SSSR count). The lowest BCUT2D eigenvalue weighted by molar-refractivity contribution is -0.126. The summed E-state index contributed by atoms with van der Waals surface area (Å²) in [5, 5.41) is 10.8. The van der Waals surface area contributed by atoms with Crippen LogP contribution in [0.3, 0.4) is 0 Å². The van der Waals surface area contributed by atoms with Gasteiger partial charge in [0.15, 0.2) is 0 Å². The van der Waals surface area contributed by atoms with Gasteiger partial charge in [0.2, 0.25) is 5.91 Å². The molecule has 2 aromatic carbocycles. The number of fused-ring (bicyclic) bond motifs is 1. The zero-order valence-corrected chi connectivity index (χ0v) is 15.1. The Bertz CT molecular complexity index is 977. The van der Waals surface area contributed by atoms with Gasteiger partial charge in [-0.05, 0) is 32.6 Å². The van der Waals surface area contributed by atoms with Crippen LogP contribution in [0.5, 0.6) is 0 Å². The summed E-state index contributed by atoms with van der Waals surface area (Å²) < 4.78 is 0. The highest BCUT2D eigenvalue weighted by atomic mass is 16.2. The number of H-pyrrole nitrogens is 1. The zero-order valence-electron chi connectivity index (χ0n) is 15.1. The number of benzene rings is 2. The first kappa shape index (κ1) is 17.8. The van der Waals surface area contributed by atoms with Gasteiger partial charge in [-0.15, -0.1) is 0 Å². The highest BCUT2D eigenvalue weighted by molar-refractivity contribution is 5.85. The molecule has 1 amide bonds. The Balaban J connectivity index is 1.82. The van der Waals surface area contributed by atoms with Crippen LogP contribution in [0.15, 0.2) is 53.3 Å². The quantitative estimate of drug-likeness (QED) is 0.739. The molecule has 6 heteroatoms. The number of nitrogens with zero attached hydrogens (tertiary/aromatic N) is 2. The number of nitrogens with one attached hydrogen (secondary N) is 2. The Kier molecular flexibility index (Phi) is 5.14. The van der Waals surface area contributed by atoms with Crippen molar-refractivity contribution < 1.29 is 4.79 Å². The van der Waals surface area contributed by atoms with Gasteiger partial charge in [0, 0.05) is 5.39 Å². The molecule has 1 aromatic heterocycles. The monoisotopic (exact) mass is 350 g/mol. The van der Waals surface area contributed by atoms with E-state index in [0.717, 1.165) is 16.5 Å². The third-order valence-corrected chi connectivity index (χ3v) is 4.36. The number of amides is 1. The molecule has 1 atom stereocenters. The third kappa shape index (κ3) is 3.65. The van der Waals surface area contributed by atoms with Gasteiger partial charge in [-0.1, -0.05) is 48.0 Å². The van der Waals surface area contributed by atoms with Crippen LogP contribution in [-0.2, 0) is 11.3 Å². The molecule has 26 heavy (non-hydrogen) atoms. The van der Waals surface area contributed by atoms with Crippen LogP contribution in [0.4, 0.5) is 0 Å². The Hall–Kier alpha value is -2.99. The lowest BCUT2D eigenvalue weighted by atomic mass is 10.0. The highest BCUT2D eigenvalue weighted by Crippen LogP contribution is 2.19. The standard InChI is InChI=1S/C20H22N4O2/c1-13-8-10-14(11-9-13)18(24(2)3)20(26)21-12-17-15-6-4-5-7-16(15)19(25)23-22-17/h4-11,18H,12H2,1-3H3,(H,21,26)(H,23,25)/t18-/m1/s1. The second-order valence-corrected chi connectivity index (χ2v) is 6.54. The first-order valence-electron chi connectivity index (χ1n) is 8.44. The largest absolute Gasteiger partial charge is 0.349 e. The number of rotatable bonds is 5. The van der Waals surface area contributed by atoms with Gasteiger partial charge in [-0.3, -0.25) is 14.5 Å². The van der Waals surface area contributed by atoms with Crippen LogP contribution in [0.2, 0.25) is 0 Å². The minimum absolute atomic E-state index is 0.115. The second-order valence-electron chi connectivity index (χ2n) is 6.54. The van der Waals surface area contributed by atoms with Crippen molar-refractivity contribution in [3.8, 4) is 0 Å². The van der Waals surface area contributed by atoms with E-state index in [0.29, 0.717) is 11.1 Å². The van der Waals surface area contributed by atoms with Crippen molar-refractivity contribution in [3.05, 3.63) is 75.7 Å². The predicted octanol–water partition coefficient (Wildman–Crippen LogP) is 2.15. The van der Waals surface area contributed by atoms with Crippen LogP contribution in [-0.4, -0.2) is 35.1 Å². The molecule has 1 heterocycles. The van der Waals surface area contributed by atoms with Crippen molar-refractivity contribution >= 4 is 16.7 Å². The molecule has 6 nitrogen and oxygen atoms in total. The van der Waals surface area contributed by atoms with E-state index in [-0.39, 0.29) is 18.0 Å². The molecule has 2 N–H and O–H groups in total. The predicted molar refractivity (Wildman–Crippen MR) is 102 cm³/mol. The van der Waals surface area contributed by atoms with Gasteiger partial charge in [-0.25, -0.2) is 5.10 Å². The molecule has 3 aromatic rings. The van der Waals surface area contributed by atoms with Gasteiger partial charge in [0.25, 0.3) is 5.56 Å². The van der Waals surface area contributed by atoms with E-state index in [1.54, 1.807) is 12.1 Å². The molecular formula is C20H22N4O2. The Morgan fingerprint density at radius 3 is 2.42 bits per heavy atom. The van der Waals surface area contributed by atoms with Crippen LogP contribution in [0, 0.1) is 6.92 Å². The number of carbonyl (C=O) groups excluding carboxylic acids is 1. The second kappa shape index (κ2) is 7.49. The summed E-state index contributed by atoms with van der Waals surface area (Å²) >= 11 is 0. The van der Waals surface area contributed by atoms with Crippen LogP contribution in [0.25, 0.3) is 10.8 Å². The van der Waals surface area contributed by atoms with Crippen molar-refractivity contribution in [1.29, 1.82) is 0 Å². The number of hydrogen-bond donors (Lipinski definition) is 2. The lowest BCUT2D eigenvalue weighted by Crippen LogP contribution is -2.37. The molecular weight excluding hydrogens is 328 g/mol. The number of hydrogen-bond acceptors (Lipinski definition) is 4. The average Bonchev–Trinajstić information content (AvgIpc) is 2.63. The number of likely N-dealkylation sites (N-methyl/N-ethyl adjacent to an activating group) is 1. The molecule has 134 valence electrons. The number of aromatic amines is 1. The summed E-state index contributed by atoms with van der Waals surface area (Å²) in [6.07, 6.45) is 0. The van der Waals surface area contributed by atoms with Gasteiger partial charge >= 0.3 is 0 Å². The number of aryl methyl sites for hydroxylation is 1. The van der Waals surface area contributed by atoms with E-state index in [2.05, 4.69) is 15.5 Å². The van der Waals surface area contributed by atoms with E-state index in [1.165, 1.54) is 0 Å². The zero-order chi connectivity index (χ0) is 18.7. The van der Waals surface area contributed by atoms with E-state index < -0.39 is 6.04 Å². The molecule has 0 spiro atoms. The maximum absolute atomic E-state index is 12.8. The van der Waals surface area contributed by atoms with Gasteiger partial charge in [-0.2, -0.15) is 5.10 Å². The topological polar surface area (TPSA) is 78.1 Å². The molecule has 0 unspecified atom stereocenters. The molecule has 0 aliphatic heterocycles. The molecule has 0 fully saturated rings. The van der Waals surface area contributed by atoms with Crippen LogP contribution >= 0.6 is 0 Å². The Morgan fingerprint density at radius 2 is 1.77 bits per heavy atom. The number of carbonyl (C=O) groups is 1. The van der Waals surface area contributed by atoms with Gasteiger partial charge < -0.3 is 5.32 Å². The van der Waals surface area contributed by atoms with Gasteiger partial charge in [0.05, 0.1) is 17.6 Å². The van der Waals surface area contributed by atoms with Crippen molar-refractivity contribution in [3.63, 3.8) is 0 Å². The summed E-state index contributed by atoms with van der Waals surface area (Å²) in [7, 11) is 3.75. The van der Waals surface area contributed by atoms with Gasteiger partial charge in [0.1, 0.15) is 6.04 Å². The molecule has 0 saturated carbocycles. The van der Waals surface area contributed by atoms with E-state index in [9.17, 15) is 9.59 Å². The van der Waals surface area contributed by atoms with Crippen LogP contribution in [0.1, 0.15) is 22.9 Å². The fraction of sp³-hybridized carbons (Fsp3) is 0.250. The Morgan fingerprint density at radius 1 is 1.12 bits per heavy atom. The van der Waals surface area contributed by atoms with Crippen molar-refractivity contribution in [2.24, 2.45) is 0 Å². The molecule has 0 saturated heterocycles. The minimum Gasteiger partial charge on any atom is -0.349 e. The maximum atomic E-state index is 12.8.